The number of nitrogens with one attached hydrogen (secondary N) is 1. The Balaban J connectivity index is 1.92. The molecule has 3 heteroatoms. The highest BCUT2D eigenvalue weighted by atomic mass is 35.5. The van der Waals surface area contributed by atoms with Crippen LogP contribution in [0.25, 0.3) is 0 Å². The molecule has 0 spiro atoms. The molecular formula is C15H19ClN2. The van der Waals surface area contributed by atoms with E-state index in [1.807, 2.05) is 24.3 Å². The maximum atomic E-state index is 8.84. The van der Waals surface area contributed by atoms with Crippen LogP contribution in [0.3, 0.4) is 0 Å². The zero-order valence-corrected chi connectivity index (χ0v) is 11.5. The molecule has 96 valence electrons. The third kappa shape index (κ3) is 3.17. The second-order valence-electron chi connectivity index (χ2n) is 5.54. The van der Waals surface area contributed by atoms with Crippen molar-refractivity contribution < 1.29 is 0 Å². The van der Waals surface area contributed by atoms with E-state index in [4.69, 9.17) is 16.9 Å². The zero-order chi connectivity index (χ0) is 13.0. The average Bonchev–Trinajstić information content (AvgIpc) is 2.35. The maximum absolute atomic E-state index is 8.84. The Kier molecular flexibility index (Phi) is 4.14. The van der Waals surface area contributed by atoms with Gasteiger partial charge in [-0.1, -0.05) is 30.7 Å². The van der Waals surface area contributed by atoms with Crippen LogP contribution in [0.4, 0.5) is 5.69 Å². The fourth-order valence-corrected chi connectivity index (χ4v) is 2.82. The molecule has 0 heterocycles. The second-order valence-corrected chi connectivity index (χ2v) is 5.95. The molecule has 0 amide bonds. The molecule has 0 saturated heterocycles. The van der Waals surface area contributed by atoms with Crippen LogP contribution in [-0.4, -0.2) is 6.04 Å². The molecule has 0 bridgehead atoms. The Bertz CT molecular complexity index is 442. The number of hydrogen-bond donors (Lipinski definition) is 1. The Morgan fingerprint density at radius 2 is 2.06 bits per heavy atom. The molecule has 0 radical (unpaired) electrons. The van der Waals surface area contributed by atoms with Gasteiger partial charge in [0.2, 0.25) is 0 Å². The molecule has 1 fully saturated rings. The summed E-state index contributed by atoms with van der Waals surface area (Å²) in [5.41, 5.74) is 1.24. The van der Waals surface area contributed by atoms with Crippen LogP contribution in [0.1, 0.15) is 39.0 Å². The number of nitrogens with zero attached hydrogens (tertiary/aromatic N) is 1. The predicted octanol–water partition coefficient (Wildman–Crippen LogP) is 4.61. The summed E-state index contributed by atoms with van der Waals surface area (Å²) in [5.74, 6) is 0. The molecule has 1 saturated carbocycles. The van der Waals surface area contributed by atoms with Crippen molar-refractivity contribution in [3.63, 3.8) is 0 Å². The number of nitriles is 1. The molecule has 0 aliphatic heterocycles. The summed E-state index contributed by atoms with van der Waals surface area (Å²) in [4.78, 5) is 0. The van der Waals surface area contributed by atoms with E-state index in [1.165, 1.54) is 0 Å². The summed E-state index contributed by atoms with van der Waals surface area (Å²) < 4.78 is 0. The molecule has 1 aromatic rings. The van der Waals surface area contributed by atoms with Gasteiger partial charge in [0.25, 0.3) is 0 Å². The van der Waals surface area contributed by atoms with Crippen molar-refractivity contribution in [3.05, 3.63) is 29.3 Å². The van der Waals surface area contributed by atoms with Crippen molar-refractivity contribution in [3.8, 4) is 6.07 Å². The van der Waals surface area contributed by atoms with Gasteiger partial charge >= 0.3 is 0 Å². The summed E-state index contributed by atoms with van der Waals surface area (Å²) in [5, 5.41) is 13.1. The van der Waals surface area contributed by atoms with E-state index in [2.05, 4.69) is 18.3 Å². The molecular weight excluding hydrogens is 244 g/mol. The first-order chi connectivity index (χ1) is 8.63. The van der Waals surface area contributed by atoms with Gasteiger partial charge in [-0.2, -0.15) is 5.26 Å². The van der Waals surface area contributed by atoms with Crippen molar-refractivity contribution in [1.82, 2.24) is 0 Å². The van der Waals surface area contributed by atoms with Gasteiger partial charge in [0.05, 0.1) is 16.8 Å². The van der Waals surface area contributed by atoms with E-state index >= 15 is 0 Å². The number of hydrogen-bond acceptors (Lipinski definition) is 2. The number of benzene rings is 1. The summed E-state index contributed by atoms with van der Waals surface area (Å²) in [6.07, 6.45) is 5.13. The van der Waals surface area contributed by atoms with Crippen LogP contribution in [0, 0.1) is 16.7 Å². The summed E-state index contributed by atoms with van der Waals surface area (Å²) in [6.45, 7) is 2.22. The van der Waals surface area contributed by atoms with Crippen LogP contribution >= 0.6 is 11.6 Å². The molecule has 1 aliphatic carbocycles. The number of rotatable bonds is 3. The second kappa shape index (κ2) is 5.63. The van der Waals surface area contributed by atoms with E-state index < -0.39 is 0 Å². The van der Waals surface area contributed by atoms with Crippen molar-refractivity contribution >= 4 is 17.3 Å². The largest absolute Gasteiger partial charge is 0.381 e. The summed E-state index contributed by atoms with van der Waals surface area (Å²) in [7, 11) is 0. The lowest BCUT2D eigenvalue weighted by molar-refractivity contribution is 0.211. The maximum Gasteiger partial charge on any atom is 0.0637 e. The molecule has 18 heavy (non-hydrogen) atoms. The van der Waals surface area contributed by atoms with Gasteiger partial charge in [0, 0.05) is 12.5 Å². The normalized spacial score (nSPS) is 27.5. The van der Waals surface area contributed by atoms with Crippen molar-refractivity contribution in [2.45, 2.75) is 45.1 Å². The van der Waals surface area contributed by atoms with Crippen LogP contribution in [-0.2, 0) is 0 Å². The van der Waals surface area contributed by atoms with E-state index in [0.29, 0.717) is 12.5 Å². The van der Waals surface area contributed by atoms with Gasteiger partial charge in [-0.05, 0) is 43.2 Å². The highest BCUT2D eigenvalue weighted by molar-refractivity contribution is 6.33. The minimum Gasteiger partial charge on any atom is -0.381 e. The van der Waals surface area contributed by atoms with Gasteiger partial charge in [0.1, 0.15) is 0 Å². The summed E-state index contributed by atoms with van der Waals surface area (Å²) >= 11 is 6.14. The molecule has 0 unspecified atom stereocenters. The fraction of sp³-hybridized carbons (Fsp3) is 0.533. The highest BCUT2D eigenvalue weighted by Crippen LogP contribution is 2.39. The quantitative estimate of drug-likeness (QED) is 0.863. The number of para-hydroxylation sites is 1. The lowest BCUT2D eigenvalue weighted by Crippen LogP contribution is -2.31. The first-order valence-corrected chi connectivity index (χ1v) is 6.89. The predicted molar refractivity (Wildman–Crippen MR) is 75.7 cm³/mol. The Morgan fingerprint density at radius 3 is 2.67 bits per heavy atom. The van der Waals surface area contributed by atoms with Crippen LogP contribution in [0.5, 0.6) is 0 Å². The van der Waals surface area contributed by atoms with Gasteiger partial charge in [-0.25, -0.2) is 0 Å². The van der Waals surface area contributed by atoms with Gasteiger partial charge in [0.15, 0.2) is 0 Å². The summed E-state index contributed by atoms with van der Waals surface area (Å²) in [6, 6.07) is 10.7. The molecule has 2 rings (SSSR count). The smallest absolute Gasteiger partial charge is 0.0637 e. The lowest BCUT2D eigenvalue weighted by Gasteiger charge is -2.36. The molecule has 2 nitrogen and oxygen atoms in total. The van der Waals surface area contributed by atoms with Gasteiger partial charge < -0.3 is 5.32 Å². The first kappa shape index (κ1) is 13.2. The number of anilines is 1. The lowest BCUT2D eigenvalue weighted by atomic mass is 9.72. The standard InChI is InChI=1S/C15H19ClN2/c1-15(10-11-17)8-6-12(7-9-15)18-14-5-3-2-4-13(14)16/h2-5,12,18H,6-10H2,1H3. The van der Waals surface area contributed by atoms with Crippen LogP contribution in [0.2, 0.25) is 5.02 Å². The fourth-order valence-electron chi connectivity index (χ4n) is 2.62. The third-order valence-electron chi connectivity index (χ3n) is 3.93. The van der Waals surface area contributed by atoms with Crippen molar-refractivity contribution in [2.75, 3.05) is 5.32 Å². The Labute approximate surface area is 114 Å². The first-order valence-electron chi connectivity index (χ1n) is 6.51. The molecule has 0 atom stereocenters. The molecule has 0 aromatic heterocycles. The van der Waals surface area contributed by atoms with Crippen molar-refractivity contribution in [1.29, 1.82) is 5.26 Å². The van der Waals surface area contributed by atoms with Gasteiger partial charge in [-0.3, -0.25) is 0 Å². The minimum atomic E-state index is 0.216. The van der Waals surface area contributed by atoms with E-state index in [1.54, 1.807) is 0 Å². The van der Waals surface area contributed by atoms with Gasteiger partial charge in [-0.15, -0.1) is 0 Å². The van der Waals surface area contributed by atoms with E-state index in [0.717, 1.165) is 36.4 Å². The monoisotopic (exact) mass is 262 g/mol. The number of halogens is 1. The topological polar surface area (TPSA) is 35.8 Å². The van der Waals surface area contributed by atoms with E-state index in [9.17, 15) is 0 Å². The Morgan fingerprint density at radius 1 is 1.39 bits per heavy atom. The Hall–Kier alpha value is -1.20. The third-order valence-corrected chi connectivity index (χ3v) is 4.26. The molecule has 1 N–H and O–H groups in total. The molecule has 1 aliphatic rings. The average molecular weight is 263 g/mol. The minimum absolute atomic E-state index is 0.216. The zero-order valence-electron chi connectivity index (χ0n) is 10.7. The molecule has 1 aromatic carbocycles. The van der Waals surface area contributed by atoms with Crippen LogP contribution in [0.15, 0.2) is 24.3 Å². The van der Waals surface area contributed by atoms with Crippen molar-refractivity contribution in [2.24, 2.45) is 5.41 Å². The van der Waals surface area contributed by atoms with Crippen LogP contribution < -0.4 is 5.32 Å². The van der Waals surface area contributed by atoms with E-state index in [-0.39, 0.29) is 5.41 Å². The highest BCUT2D eigenvalue weighted by Gasteiger charge is 2.30. The SMILES string of the molecule is CC1(CC#N)CCC(Nc2ccccc2Cl)CC1.